The third-order valence-corrected chi connectivity index (χ3v) is 3.51. The van der Waals surface area contributed by atoms with E-state index >= 15 is 0 Å². The van der Waals surface area contributed by atoms with Crippen LogP contribution in [0.5, 0.6) is 0 Å². The Morgan fingerprint density at radius 1 is 1.15 bits per heavy atom. The number of nitrogens with one attached hydrogen (secondary N) is 3. The van der Waals surface area contributed by atoms with Crippen molar-refractivity contribution in [1.29, 1.82) is 0 Å². The summed E-state index contributed by atoms with van der Waals surface area (Å²) in [6, 6.07) is -0.879. The number of hydrogen-bond donors (Lipinski definition) is 3. The van der Waals surface area contributed by atoms with Crippen molar-refractivity contribution < 1.29 is 19.1 Å². The molecule has 0 unspecified atom stereocenters. The molecule has 0 aliphatic rings. The molecule has 0 bridgehead atoms. The Labute approximate surface area is 150 Å². The first-order chi connectivity index (χ1) is 12.1. The number of imidazole rings is 1. The number of carbonyl (C=O) groups is 3. The second-order valence-corrected chi connectivity index (χ2v) is 6.84. The van der Waals surface area contributed by atoms with E-state index in [0.29, 0.717) is 11.2 Å². The molecule has 0 saturated carbocycles. The van der Waals surface area contributed by atoms with E-state index < -0.39 is 29.4 Å². The molecule has 0 fully saturated rings. The van der Waals surface area contributed by atoms with Crippen LogP contribution in [0.15, 0.2) is 12.7 Å². The number of fused-ring (bicyclic) bond motifs is 1. The molecule has 2 heterocycles. The lowest BCUT2D eigenvalue weighted by molar-refractivity contribution is -0.156. The summed E-state index contributed by atoms with van der Waals surface area (Å²) in [5, 5.41) is 5.11. The van der Waals surface area contributed by atoms with Gasteiger partial charge in [0.1, 0.15) is 17.9 Å². The number of aromatic amines is 1. The SMILES string of the molecule is C[C@H](OC(=O)[C@@H](C)NC(=O)C(C)(C)C)C(=O)Nc1ncnc2nc[nH]c12. The maximum Gasteiger partial charge on any atom is 0.329 e. The van der Waals surface area contributed by atoms with Crippen molar-refractivity contribution in [2.24, 2.45) is 5.41 Å². The smallest absolute Gasteiger partial charge is 0.329 e. The fourth-order valence-electron chi connectivity index (χ4n) is 1.88. The minimum absolute atomic E-state index is 0.231. The van der Waals surface area contributed by atoms with E-state index in [0.717, 1.165) is 0 Å². The largest absolute Gasteiger partial charge is 0.451 e. The van der Waals surface area contributed by atoms with Gasteiger partial charge in [0.05, 0.1) is 6.33 Å². The van der Waals surface area contributed by atoms with Crippen LogP contribution in [0.4, 0.5) is 5.82 Å². The van der Waals surface area contributed by atoms with Crippen LogP contribution in [-0.2, 0) is 19.1 Å². The van der Waals surface area contributed by atoms with Crippen LogP contribution in [0.25, 0.3) is 11.2 Å². The Balaban J connectivity index is 1.95. The Morgan fingerprint density at radius 2 is 1.85 bits per heavy atom. The molecule has 0 radical (unpaired) electrons. The van der Waals surface area contributed by atoms with Crippen LogP contribution < -0.4 is 10.6 Å². The highest BCUT2D eigenvalue weighted by atomic mass is 16.5. The van der Waals surface area contributed by atoms with Gasteiger partial charge >= 0.3 is 5.97 Å². The zero-order valence-corrected chi connectivity index (χ0v) is 15.3. The van der Waals surface area contributed by atoms with Crippen molar-refractivity contribution in [2.45, 2.75) is 46.8 Å². The molecule has 2 rings (SSSR count). The lowest BCUT2D eigenvalue weighted by Gasteiger charge is -2.22. The Bertz CT molecular complexity index is 825. The summed E-state index contributed by atoms with van der Waals surface area (Å²) in [5.74, 6) is -1.34. The van der Waals surface area contributed by atoms with E-state index in [9.17, 15) is 14.4 Å². The molecule has 10 heteroatoms. The van der Waals surface area contributed by atoms with E-state index in [1.54, 1.807) is 20.8 Å². The Morgan fingerprint density at radius 3 is 2.50 bits per heavy atom. The van der Waals surface area contributed by atoms with Crippen molar-refractivity contribution in [3.8, 4) is 0 Å². The third kappa shape index (κ3) is 4.52. The second-order valence-electron chi connectivity index (χ2n) is 6.84. The van der Waals surface area contributed by atoms with Crippen LogP contribution in [0.1, 0.15) is 34.6 Å². The Hall–Kier alpha value is -3.04. The van der Waals surface area contributed by atoms with Gasteiger partial charge in [-0.05, 0) is 13.8 Å². The van der Waals surface area contributed by atoms with Crippen molar-refractivity contribution in [2.75, 3.05) is 5.32 Å². The average Bonchev–Trinajstić information content (AvgIpc) is 3.03. The monoisotopic (exact) mass is 362 g/mol. The van der Waals surface area contributed by atoms with Crippen molar-refractivity contribution in [3.05, 3.63) is 12.7 Å². The molecule has 3 N–H and O–H groups in total. The van der Waals surface area contributed by atoms with Crippen LogP contribution in [-0.4, -0.2) is 49.9 Å². The van der Waals surface area contributed by atoms with Gasteiger partial charge in [-0.3, -0.25) is 9.59 Å². The van der Waals surface area contributed by atoms with Gasteiger partial charge in [-0.25, -0.2) is 19.7 Å². The van der Waals surface area contributed by atoms with Crippen LogP contribution >= 0.6 is 0 Å². The summed E-state index contributed by atoms with van der Waals surface area (Å²) in [4.78, 5) is 51.0. The summed E-state index contributed by atoms with van der Waals surface area (Å²) in [6.45, 7) is 8.11. The molecule has 0 aliphatic heterocycles. The quantitative estimate of drug-likeness (QED) is 0.668. The molecule has 0 aliphatic carbocycles. The van der Waals surface area contributed by atoms with E-state index in [1.807, 2.05) is 0 Å². The normalized spacial score (nSPS) is 13.7. The zero-order chi connectivity index (χ0) is 19.5. The predicted octanol–water partition coefficient (Wildman–Crippen LogP) is 0.774. The van der Waals surface area contributed by atoms with Crippen molar-refractivity contribution >= 4 is 34.8 Å². The number of ether oxygens (including phenoxy) is 1. The lowest BCUT2D eigenvalue weighted by Crippen LogP contribution is -2.46. The summed E-state index contributed by atoms with van der Waals surface area (Å²) in [5.41, 5.74) is 0.226. The molecule has 10 nitrogen and oxygen atoms in total. The number of carbonyl (C=O) groups excluding carboxylic acids is 3. The number of hydrogen-bond acceptors (Lipinski definition) is 7. The standard InChI is InChI=1S/C16H22N6O4/c1-8(21-15(25)16(3,4)5)14(24)26-9(2)13(23)22-12-10-11(18-6-17-10)19-7-20-12/h6-9H,1-5H3,(H,21,25)(H2,17,18,19,20,22,23)/t8-,9+/m1/s1. The topological polar surface area (TPSA) is 139 Å². The Kier molecular flexibility index (Phi) is 5.53. The summed E-state index contributed by atoms with van der Waals surface area (Å²) in [7, 11) is 0. The summed E-state index contributed by atoms with van der Waals surface area (Å²) >= 11 is 0. The number of nitrogens with zero attached hydrogens (tertiary/aromatic N) is 3. The maximum absolute atomic E-state index is 12.2. The molecule has 140 valence electrons. The molecular weight excluding hydrogens is 340 g/mol. The van der Waals surface area contributed by atoms with Gasteiger partial charge in [0.2, 0.25) is 5.91 Å². The van der Waals surface area contributed by atoms with E-state index in [4.69, 9.17) is 4.74 Å². The van der Waals surface area contributed by atoms with Crippen LogP contribution in [0.3, 0.4) is 0 Å². The fraction of sp³-hybridized carbons (Fsp3) is 0.500. The highest BCUT2D eigenvalue weighted by molar-refractivity contribution is 5.99. The maximum atomic E-state index is 12.2. The van der Waals surface area contributed by atoms with Crippen LogP contribution in [0, 0.1) is 5.41 Å². The van der Waals surface area contributed by atoms with Crippen molar-refractivity contribution in [1.82, 2.24) is 25.3 Å². The number of anilines is 1. The number of H-pyrrole nitrogens is 1. The highest BCUT2D eigenvalue weighted by Gasteiger charge is 2.28. The summed E-state index contributed by atoms with van der Waals surface area (Å²) in [6.07, 6.45) is 1.61. The van der Waals surface area contributed by atoms with Gasteiger partial charge in [0.25, 0.3) is 5.91 Å². The number of esters is 1. The van der Waals surface area contributed by atoms with E-state index in [1.165, 1.54) is 26.5 Å². The molecular formula is C16H22N6O4. The number of rotatable bonds is 5. The van der Waals surface area contributed by atoms with Gasteiger partial charge in [0.15, 0.2) is 17.6 Å². The third-order valence-electron chi connectivity index (χ3n) is 3.51. The van der Waals surface area contributed by atoms with E-state index in [-0.39, 0.29) is 11.7 Å². The first-order valence-corrected chi connectivity index (χ1v) is 8.06. The fourth-order valence-corrected chi connectivity index (χ4v) is 1.88. The van der Waals surface area contributed by atoms with Crippen LogP contribution in [0.2, 0.25) is 0 Å². The number of amides is 2. The minimum atomic E-state index is -1.08. The van der Waals surface area contributed by atoms with Gasteiger partial charge in [-0.1, -0.05) is 20.8 Å². The average molecular weight is 362 g/mol. The molecule has 0 spiro atoms. The van der Waals surface area contributed by atoms with Gasteiger partial charge in [-0.15, -0.1) is 0 Å². The number of aromatic nitrogens is 4. The van der Waals surface area contributed by atoms with E-state index in [2.05, 4.69) is 30.6 Å². The molecule has 2 amide bonds. The highest BCUT2D eigenvalue weighted by Crippen LogP contribution is 2.15. The molecule has 2 aromatic heterocycles. The first-order valence-electron chi connectivity index (χ1n) is 8.06. The second kappa shape index (κ2) is 7.46. The summed E-state index contributed by atoms with van der Waals surface area (Å²) < 4.78 is 5.12. The van der Waals surface area contributed by atoms with Gasteiger partial charge in [0, 0.05) is 5.41 Å². The molecule has 0 saturated heterocycles. The molecule has 0 aromatic carbocycles. The van der Waals surface area contributed by atoms with Gasteiger partial charge < -0.3 is 20.4 Å². The predicted molar refractivity (Wildman–Crippen MR) is 92.9 cm³/mol. The molecule has 2 atom stereocenters. The van der Waals surface area contributed by atoms with Crippen molar-refractivity contribution in [3.63, 3.8) is 0 Å². The lowest BCUT2D eigenvalue weighted by atomic mass is 9.95. The molecule has 26 heavy (non-hydrogen) atoms. The minimum Gasteiger partial charge on any atom is -0.451 e. The zero-order valence-electron chi connectivity index (χ0n) is 15.3. The molecule has 2 aromatic rings. The first kappa shape index (κ1) is 19.3. The van der Waals surface area contributed by atoms with Gasteiger partial charge in [-0.2, -0.15) is 0 Å².